The molecule has 1 fully saturated rings. The van der Waals surface area contributed by atoms with E-state index in [9.17, 15) is 9.59 Å². The van der Waals surface area contributed by atoms with Crippen LogP contribution >= 0.6 is 0 Å². The molecule has 2 rings (SSSR count). The molecule has 20 heavy (non-hydrogen) atoms. The van der Waals surface area contributed by atoms with E-state index in [0.717, 1.165) is 0 Å². The summed E-state index contributed by atoms with van der Waals surface area (Å²) in [4.78, 5) is 25.1. The molecule has 6 nitrogen and oxygen atoms in total. The van der Waals surface area contributed by atoms with Crippen LogP contribution < -0.4 is 9.47 Å². The van der Waals surface area contributed by atoms with Gasteiger partial charge in [-0.3, -0.25) is 4.79 Å². The number of methoxy groups -OCH3 is 2. The third-order valence-electron chi connectivity index (χ3n) is 3.43. The van der Waals surface area contributed by atoms with Gasteiger partial charge in [-0.15, -0.1) is 0 Å². The van der Waals surface area contributed by atoms with Crippen LogP contribution in [0.5, 0.6) is 11.5 Å². The topological polar surface area (TPSA) is 76.1 Å². The lowest BCUT2D eigenvalue weighted by Crippen LogP contribution is -2.40. The summed E-state index contributed by atoms with van der Waals surface area (Å²) in [6.07, 6.45) is 1.17. The molecule has 6 heteroatoms. The van der Waals surface area contributed by atoms with Gasteiger partial charge in [0, 0.05) is 6.54 Å². The van der Waals surface area contributed by atoms with Crippen molar-refractivity contribution in [2.45, 2.75) is 18.9 Å². The van der Waals surface area contributed by atoms with Gasteiger partial charge in [-0.1, -0.05) is 6.07 Å². The van der Waals surface area contributed by atoms with E-state index >= 15 is 0 Å². The average molecular weight is 279 g/mol. The van der Waals surface area contributed by atoms with Crippen LogP contribution in [0.1, 0.15) is 23.2 Å². The molecule has 1 aromatic rings. The van der Waals surface area contributed by atoms with Gasteiger partial charge in [0.05, 0.1) is 19.8 Å². The number of hydrogen-bond acceptors (Lipinski definition) is 4. The molecule has 0 bridgehead atoms. The number of carbonyl (C=O) groups is 2. The SMILES string of the molecule is COc1cccc(C(=O)N2CCCC2C(=O)O)c1OC. The predicted molar refractivity (Wildman–Crippen MR) is 71.2 cm³/mol. The molecule has 0 radical (unpaired) electrons. The fraction of sp³-hybridized carbons (Fsp3) is 0.429. The molecular formula is C14H17NO5. The van der Waals surface area contributed by atoms with Crippen LogP contribution in [0.25, 0.3) is 0 Å². The molecule has 1 N–H and O–H groups in total. The second kappa shape index (κ2) is 5.81. The first-order valence-electron chi connectivity index (χ1n) is 6.35. The first-order valence-corrected chi connectivity index (χ1v) is 6.35. The van der Waals surface area contributed by atoms with Crippen LogP contribution in [0.2, 0.25) is 0 Å². The van der Waals surface area contributed by atoms with Crippen molar-refractivity contribution in [2.75, 3.05) is 20.8 Å². The Morgan fingerprint density at radius 1 is 1.30 bits per heavy atom. The zero-order chi connectivity index (χ0) is 14.7. The number of rotatable bonds is 4. The first-order chi connectivity index (χ1) is 9.60. The number of carbonyl (C=O) groups excluding carboxylic acids is 1. The number of para-hydroxylation sites is 1. The predicted octanol–water partition coefficient (Wildman–Crippen LogP) is 1.39. The minimum Gasteiger partial charge on any atom is -0.493 e. The highest BCUT2D eigenvalue weighted by Crippen LogP contribution is 2.33. The van der Waals surface area contributed by atoms with E-state index in [-0.39, 0.29) is 5.91 Å². The number of ether oxygens (including phenoxy) is 2. The Morgan fingerprint density at radius 3 is 2.65 bits per heavy atom. The molecule has 1 heterocycles. The van der Waals surface area contributed by atoms with E-state index in [4.69, 9.17) is 14.6 Å². The molecule has 1 atom stereocenters. The quantitative estimate of drug-likeness (QED) is 0.901. The number of carboxylic acids is 1. The third kappa shape index (κ3) is 2.41. The van der Waals surface area contributed by atoms with Gasteiger partial charge < -0.3 is 19.5 Å². The maximum absolute atomic E-state index is 12.5. The second-order valence-electron chi connectivity index (χ2n) is 4.54. The fourth-order valence-electron chi connectivity index (χ4n) is 2.48. The van der Waals surface area contributed by atoms with Crippen molar-refractivity contribution < 1.29 is 24.2 Å². The van der Waals surface area contributed by atoms with Crippen molar-refractivity contribution in [3.8, 4) is 11.5 Å². The number of nitrogens with zero attached hydrogens (tertiary/aromatic N) is 1. The standard InChI is InChI=1S/C14H17NO5/c1-19-11-7-3-5-9(12(11)20-2)13(16)15-8-4-6-10(15)14(17)18/h3,5,7,10H,4,6,8H2,1-2H3,(H,17,18). The van der Waals surface area contributed by atoms with Crippen molar-refractivity contribution in [1.29, 1.82) is 0 Å². The molecule has 1 unspecified atom stereocenters. The zero-order valence-corrected chi connectivity index (χ0v) is 11.5. The summed E-state index contributed by atoms with van der Waals surface area (Å²) < 4.78 is 10.4. The summed E-state index contributed by atoms with van der Waals surface area (Å²) in [5.74, 6) is -0.538. The number of benzene rings is 1. The van der Waals surface area contributed by atoms with Gasteiger partial charge in [-0.25, -0.2) is 4.79 Å². The van der Waals surface area contributed by atoms with Crippen LogP contribution in [0.4, 0.5) is 0 Å². The van der Waals surface area contributed by atoms with Crippen LogP contribution in [0.15, 0.2) is 18.2 Å². The lowest BCUT2D eigenvalue weighted by Gasteiger charge is -2.22. The molecule has 0 aliphatic carbocycles. The van der Waals surface area contributed by atoms with E-state index in [1.807, 2.05) is 0 Å². The normalized spacial score (nSPS) is 17.9. The van der Waals surface area contributed by atoms with Gasteiger partial charge in [0.1, 0.15) is 6.04 Å². The van der Waals surface area contributed by atoms with Crippen LogP contribution in [-0.4, -0.2) is 48.7 Å². The molecule has 0 saturated carbocycles. The lowest BCUT2D eigenvalue weighted by molar-refractivity contribution is -0.141. The van der Waals surface area contributed by atoms with Gasteiger partial charge in [-0.05, 0) is 25.0 Å². The second-order valence-corrected chi connectivity index (χ2v) is 4.54. The Labute approximate surface area is 116 Å². The summed E-state index contributed by atoms with van der Waals surface area (Å²) in [6.45, 7) is 0.441. The highest BCUT2D eigenvalue weighted by atomic mass is 16.5. The van der Waals surface area contributed by atoms with Gasteiger partial charge in [-0.2, -0.15) is 0 Å². The number of carboxylic acid groups (broad SMARTS) is 1. The van der Waals surface area contributed by atoms with Crippen molar-refractivity contribution >= 4 is 11.9 Å². The molecule has 0 spiro atoms. The minimum absolute atomic E-state index is 0.319. The summed E-state index contributed by atoms with van der Waals surface area (Å²) in [7, 11) is 2.94. The number of aliphatic carboxylic acids is 1. The van der Waals surface area contributed by atoms with E-state index in [1.165, 1.54) is 19.1 Å². The summed E-state index contributed by atoms with van der Waals surface area (Å²) in [5, 5.41) is 9.16. The summed E-state index contributed by atoms with van der Waals surface area (Å²) in [6, 6.07) is 4.22. The highest BCUT2D eigenvalue weighted by Gasteiger charge is 2.35. The number of hydrogen-bond donors (Lipinski definition) is 1. The third-order valence-corrected chi connectivity index (χ3v) is 3.43. The van der Waals surface area contributed by atoms with Crippen molar-refractivity contribution in [2.24, 2.45) is 0 Å². The van der Waals surface area contributed by atoms with Crippen molar-refractivity contribution in [3.63, 3.8) is 0 Å². The monoisotopic (exact) mass is 279 g/mol. The molecular weight excluding hydrogens is 262 g/mol. The van der Waals surface area contributed by atoms with Crippen molar-refractivity contribution in [3.05, 3.63) is 23.8 Å². The van der Waals surface area contributed by atoms with Gasteiger partial charge >= 0.3 is 5.97 Å². The number of amides is 1. The van der Waals surface area contributed by atoms with E-state index in [2.05, 4.69) is 0 Å². The molecule has 1 amide bonds. The minimum atomic E-state index is -0.974. The van der Waals surface area contributed by atoms with Crippen LogP contribution in [0, 0.1) is 0 Å². The Bertz CT molecular complexity index is 528. The van der Waals surface area contributed by atoms with E-state index in [0.29, 0.717) is 36.4 Å². The maximum atomic E-state index is 12.5. The smallest absolute Gasteiger partial charge is 0.326 e. The maximum Gasteiger partial charge on any atom is 0.326 e. The van der Waals surface area contributed by atoms with Gasteiger partial charge in [0.25, 0.3) is 5.91 Å². The Morgan fingerprint density at radius 2 is 2.05 bits per heavy atom. The summed E-state index contributed by atoms with van der Waals surface area (Å²) in [5.41, 5.74) is 0.319. The zero-order valence-electron chi connectivity index (χ0n) is 11.5. The average Bonchev–Trinajstić information content (AvgIpc) is 2.95. The Balaban J connectivity index is 2.36. The first kappa shape index (κ1) is 14.2. The van der Waals surface area contributed by atoms with Crippen molar-refractivity contribution in [1.82, 2.24) is 4.90 Å². The van der Waals surface area contributed by atoms with Crippen LogP contribution in [0.3, 0.4) is 0 Å². The molecule has 1 aliphatic heterocycles. The Hall–Kier alpha value is -2.24. The molecule has 1 saturated heterocycles. The van der Waals surface area contributed by atoms with Gasteiger partial charge in [0.15, 0.2) is 11.5 Å². The largest absolute Gasteiger partial charge is 0.493 e. The molecule has 1 aromatic carbocycles. The fourth-order valence-corrected chi connectivity index (χ4v) is 2.48. The van der Waals surface area contributed by atoms with E-state index < -0.39 is 12.0 Å². The molecule has 108 valence electrons. The highest BCUT2D eigenvalue weighted by molar-refractivity contribution is 6.00. The lowest BCUT2D eigenvalue weighted by atomic mass is 10.1. The van der Waals surface area contributed by atoms with Crippen LogP contribution in [-0.2, 0) is 4.79 Å². The number of likely N-dealkylation sites (tertiary alicyclic amines) is 1. The molecule has 0 aromatic heterocycles. The molecule has 1 aliphatic rings. The van der Waals surface area contributed by atoms with Gasteiger partial charge in [0.2, 0.25) is 0 Å². The summed E-state index contributed by atoms with van der Waals surface area (Å²) >= 11 is 0. The van der Waals surface area contributed by atoms with E-state index in [1.54, 1.807) is 18.2 Å². The Kier molecular flexibility index (Phi) is 4.12.